The van der Waals surface area contributed by atoms with Crippen molar-refractivity contribution in [2.75, 3.05) is 0 Å². The second kappa shape index (κ2) is 4.13. The van der Waals surface area contributed by atoms with E-state index in [0.29, 0.717) is 0 Å². The summed E-state index contributed by atoms with van der Waals surface area (Å²) in [6, 6.07) is 3.76. The molecule has 1 fully saturated rings. The quantitative estimate of drug-likeness (QED) is 0.467. The van der Waals surface area contributed by atoms with Gasteiger partial charge < -0.3 is 0 Å². The molecule has 0 amide bonds. The highest BCUT2D eigenvalue weighted by Crippen LogP contribution is 2.57. The lowest BCUT2D eigenvalue weighted by Crippen LogP contribution is -2.39. The zero-order valence-electron chi connectivity index (χ0n) is 9.87. The Morgan fingerprint density at radius 2 is 1.47 bits per heavy atom. The number of allylic oxidation sites excluding steroid dienone is 4. The van der Waals surface area contributed by atoms with Crippen molar-refractivity contribution in [3.63, 3.8) is 0 Å². The van der Waals surface area contributed by atoms with Crippen molar-refractivity contribution in [2.24, 2.45) is 11.3 Å². The molecule has 0 atom stereocenters. The predicted molar refractivity (Wildman–Crippen MR) is 61.4 cm³/mol. The van der Waals surface area contributed by atoms with Crippen LogP contribution >= 0.6 is 0 Å². The minimum atomic E-state index is -0.537. The van der Waals surface area contributed by atoms with E-state index in [1.807, 2.05) is 32.9 Å². The van der Waals surface area contributed by atoms with E-state index >= 15 is 0 Å². The van der Waals surface area contributed by atoms with E-state index in [9.17, 15) is 0 Å². The highest BCUT2D eigenvalue weighted by molar-refractivity contribution is 5.57. The smallest absolute Gasteiger partial charge is 0.227 e. The van der Waals surface area contributed by atoms with E-state index in [-0.39, 0.29) is 17.3 Å². The van der Waals surface area contributed by atoms with Gasteiger partial charge in [-0.1, -0.05) is 20.8 Å². The molecule has 0 heterocycles. The van der Waals surface area contributed by atoms with Gasteiger partial charge in [-0.3, -0.25) is 0 Å². The molecular formula is C13H10N4. The lowest BCUT2D eigenvalue weighted by atomic mass is 9.55. The fraction of sp³-hybridized carbons (Fsp3) is 0.385. The third-order valence-corrected chi connectivity index (χ3v) is 3.16. The molecule has 0 spiro atoms. The van der Waals surface area contributed by atoms with Crippen molar-refractivity contribution >= 4 is 0 Å². The Hall–Kier alpha value is -2.56. The highest BCUT2D eigenvalue weighted by Gasteiger charge is 2.48. The Kier molecular flexibility index (Phi) is 3.04. The summed E-state index contributed by atoms with van der Waals surface area (Å²) in [4.78, 5) is 6.41. The molecule has 4 heteroatoms. The molecule has 0 bridgehead atoms. The maximum atomic E-state index is 8.89. The molecule has 0 saturated heterocycles. The highest BCUT2D eigenvalue weighted by atomic mass is 14.7. The average Bonchev–Trinajstić information content (AvgIpc) is 2.31. The molecule has 0 aromatic heterocycles. The van der Waals surface area contributed by atoms with E-state index in [0.717, 1.165) is 11.1 Å². The maximum Gasteiger partial charge on any atom is 0.262 e. The summed E-state index contributed by atoms with van der Waals surface area (Å²) in [5.41, 5.74) is 1.06. The molecule has 1 saturated carbocycles. The van der Waals surface area contributed by atoms with Crippen LogP contribution in [0.2, 0.25) is 0 Å². The van der Waals surface area contributed by atoms with E-state index in [1.165, 1.54) is 0 Å². The number of hydrogen-bond donors (Lipinski definition) is 0. The Labute approximate surface area is 101 Å². The van der Waals surface area contributed by atoms with Gasteiger partial charge in [-0.05, 0) is 22.5 Å². The third kappa shape index (κ3) is 1.57. The summed E-state index contributed by atoms with van der Waals surface area (Å²) >= 11 is 0. The minimum Gasteiger partial charge on any atom is -0.227 e. The van der Waals surface area contributed by atoms with Gasteiger partial charge >= 0.3 is 0 Å². The molecular weight excluding hydrogens is 212 g/mol. The van der Waals surface area contributed by atoms with Gasteiger partial charge in [-0.15, -0.1) is 0 Å². The maximum absolute atomic E-state index is 8.89. The number of hydrogen-bond acceptors (Lipinski definition) is 2. The first kappa shape index (κ1) is 12.5. The normalized spacial score (nSPS) is 26.4. The lowest BCUT2D eigenvalue weighted by Gasteiger charge is -2.48. The molecule has 1 aliphatic rings. The molecule has 17 heavy (non-hydrogen) atoms. The first-order chi connectivity index (χ1) is 7.95. The lowest BCUT2D eigenvalue weighted by molar-refractivity contribution is 0.350. The van der Waals surface area contributed by atoms with E-state index in [1.54, 1.807) is 0 Å². The summed E-state index contributed by atoms with van der Waals surface area (Å²) in [6.07, 6.45) is 0. The van der Waals surface area contributed by atoms with Crippen LogP contribution in [0.5, 0.6) is 0 Å². The second-order valence-electron chi connectivity index (χ2n) is 4.32. The van der Waals surface area contributed by atoms with Gasteiger partial charge in [0.05, 0.1) is 25.3 Å². The van der Waals surface area contributed by atoms with Crippen LogP contribution < -0.4 is 0 Å². The fourth-order valence-corrected chi connectivity index (χ4v) is 2.59. The molecule has 4 nitrogen and oxygen atoms in total. The van der Waals surface area contributed by atoms with Crippen molar-refractivity contribution in [3.05, 3.63) is 45.4 Å². The van der Waals surface area contributed by atoms with Gasteiger partial charge in [0.15, 0.2) is 0 Å². The van der Waals surface area contributed by atoms with Crippen LogP contribution in [0.1, 0.15) is 20.8 Å². The van der Waals surface area contributed by atoms with Crippen LogP contribution in [0, 0.1) is 47.1 Å². The molecule has 1 aliphatic carbocycles. The molecule has 0 unspecified atom stereocenters. The Bertz CT molecular complexity index is 507. The van der Waals surface area contributed by atoms with Gasteiger partial charge in [0.2, 0.25) is 0 Å². The van der Waals surface area contributed by atoms with Crippen LogP contribution in [0.25, 0.3) is 9.69 Å². The summed E-state index contributed by atoms with van der Waals surface area (Å²) < 4.78 is 0. The number of rotatable bonds is 0. The van der Waals surface area contributed by atoms with Gasteiger partial charge in [0, 0.05) is 0 Å². The molecule has 0 aromatic carbocycles. The summed E-state index contributed by atoms with van der Waals surface area (Å²) in [7, 11) is 0. The van der Waals surface area contributed by atoms with Gasteiger partial charge in [0.1, 0.15) is 0 Å². The Balaban J connectivity index is 3.50. The first-order valence-corrected chi connectivity index (χ1v) is 5.00. The van der Waals surface area contributed by atoms with Crippen molar-refractivity contribution < 1.29 is 0 Å². The summed E-state index contributed by atoms with van der Waals surface area (Å²) in [5, 5.41) is 17.8. The van der Waals surface area contributed by atoms with E-state index in [4.69, 9.17) is 23.7 Å². The average molecular weight is 222 g/mol. The molecule has 82 valence electrons. The summed E-state index contributed by atoms with van der Waals surface area (Å²) in [6.45, 7) is 19.4. The van der Waals surface area contributed by atoms with Crippen molar-refractivity contribution in [3.8, 4) is 12.1 Å². The standard InChI is InChI=1S/C13H10N4/c1-8-11(9(6-14)16-4)13(2,3)12(8)10(7-15)17-5/h8H,1-3H3/b11-9+,12-10+. The van der Waals surface area contributed by atoms with Crippen LogP contribution in [0.3, 0.4) is 0 Å². The van der Waals surface area contributed by atoms with Crippen LogP contribution in [-0.2, 0) is 0 Å². The Morgan fingerprint density at radius 3 is 1.65 bits per heavy atom. The number of nitriles is 2. The Morgan fingerprint density at radius 1 is 1.12 bits per heavy atom. The first-order valence-electron chi connectivity index (χ1n) is 5.00. The molecule has 0 radical (unpaired) electrons. The predicted octanol–water partition coefficient (Wildman–Crippen LogP) is 3.06. The van der Waals surface area contributed by atoms with Crippen LogP contribution in [0.4, 0.5) is 0 Å². The zero-order valence-corrected chi connectivity index (χ0v) is 9.87. The van der Waals surface area contributed by atoms with Crippen LogP contribution in [-0.4, -0.2) is 0 Å². The SMILES string of the molecule is [C-]#[N+]/C(C#N)=C1\C(C)/C(=C(/C#N)[N+]#[C-])C1(C)C. The minimum absolute atomic E-state index is 0.0773. The second-order valence-corrected chi connectivity index (χ2v) is 4.32. The van der Waals surface area contributed by atoms with Gasteiger partial charge in [-0.2, -0.15) is 0 Å². The summed E-state index contributed by atoms with van der Waals surface area (Å²) in [5.74, 6) is -0.169. The van der Waals surface area contributed by atoms with E-state index in [2.05, 4.69) is 9.69 Å². The van der Waals surface area contributed by atoms with Crippen LogP contribution in [0.15, 0.2) is 22.5 Å². The monoisotopic (exact) mass is 222 g/mol. The largest absolute Gasteiger partial charge is 0.262 e. The fourth-order valence-electron chi connectivity index (χ4n) is 2.59. The molecule has 0 aliphatic heterocycles. The third-order valence-electron chi connectivity index (χ3n) is 3.16. The van der Waals surface area contributed by atoms with Crippen molar-refractivity contribution in [2.45, 2.75) is 20.8 Å². The topological polar surface area (TPSA) is 56.3 Å². The van der Waals surface area contributed by atoms with Gasteiger partial charge in [0.25, 0.3) is 11.4 Å². The van der Waals surface area contributed by atoms with Crippen molar-refractivity contribution in [1.82, 2.24) is 0 Å². The van der Waals surface area contributed by atoms with Crippen molar-refractivity contribution in [1.29, 1.82) is 10.5 Å². The molecule has 1 rings (SSSR count). The van der Waals surface area contributed by atoms with E-state index < -0.39 is 5.41 Å². The number of nitrogens with zero attached hydrogens (tertiary/aromatic N) is 4. The molecule has 0 aromatic rings. The molecule has 0 N–H and O–H groups in total. The zero-order chi connectivity index (χ0) is 13.2. The van der Waals surface area contributed by atoms with Gasteiger partial charge in [-0.25, -0.2) is 20.2 Å².